The molecule has 4 rings (SSSR count). The molecule has 0 fully saturated rings. The van der Waals surface area contributed by atoms with Crippen LogP contribution in [0.15, 0.2) is 48.7 Å². The number of benzene rings is 2. The van der Waals surface area contributed by atoms with Crippen LogP contribution >= 0.6 is 11.6 Å². The molecule has 0 saturated heterocycles. The third-order valence-electron chi connectivity index (χ3n) is 4.89. The van der Waals surface area contributed by atoms with Gasteiger partial charge in [0.1, 0.15) is 12.4 Å². The molecule has 31 heavy (non-hydrogen) atoms. The predicted octanol–water partition coefficient (Wildman–Crippen LogP) is 4.87. The molecule has 0 aliphatic carbocycles. The van der Waals surface area contributed by atoms with Gasteiger partial charge in [0.15, 0.2) is 0 Å². The Labute approximate surface area is 184 Å². The number of nitrogens with one attached hydrogen (secondary N) is 1. The van der Waals surface area contributed by atoms with Gasteiger partial charge in [-0.2, -0.15) is 10.2 Å². The predicted molar refractivity (Wildman–Crippen MR) is 119 cm³/mol. The fourth-order valence-corrected chi connectivity index (χ4v) is 3.42. The Balaban J connectivity index is 1.43. The van der Waals surface area contributed by atoms with Crippen LogP contribution in [0, 0.1) is 0 Å². The minimum atomic E-state index is -0.547. The second kappa shape index (κ2) is 8.69. The van der Waals surface area contributed by atoms with Crippen LogP contribution in [0.3, 0.4) is 0 Å². The molecular formula is C22H22ClN5O3. The fourth-order valence-electron chi connectivity index (χ4n) is 3.26. The molecule has 0 unspecified atom stereocenters. The van der Waals surface area contributed by atoms with E-state index in [0.717, 1.165) is 28.7 Å². The molecule has 4 aromatic rings. The highest BCUT2D eigenvalue weighted by Crippen LogP contribution is 2.32. The molecule has 9 heteroatoms. The van der Waals surface area contributed by atoms with Gasteiger partial charge >= 0.3 is 6.09 Å². The van der Waals surface area contributed by atoms with E-state index >= 15 is 0 Å². The van der Waals surface area contributed by atoms with Crippen LogP contribution in [0.1, 0.15) is 12.6 Å². The summed E-state index contributed by atoms with van der Waals surface area (Å²) in [5.41, 5.74) is 3.76. The standard InChI is InChI=1S/C22H22ClN5O3/c1-4-28-12-14-9-16(6-8-19(14)26-28)24-22(29)31-13-17-11-20(25-27(17)2)18-7-5-15(23)10-21(18)30-3/h5-12H,4,13H2,1-3H3,(H,24,29). The third-order valence-corrected chi connectivity index (χ3v) is 5.12. The number of carbonyl (C=O) groups excluding carboxylic acids is 1. The summed E-state index contributed by atoms with van der Waals surface area (Å²) in [5.74, 6) is 0.623. The lowest BCUT2D eigenvalue weighted by molar-refractivity contribution is 0.152. The second-order valence-electron chi connectivity index (χ2n) is 6.95. The lowest BCUT2D eigenvalue weighted by Gasteiger charge is -2.07. The van der Waals surface area contributed by atoms with E-state index in [1.807, 2.05) is 42.1 Å². The van der Waals surface area contributed by atoms with Gasteiger partial charge < -0.3 is 9.47 Å². The van der Waals surface area contributed by atoms with Gasteiger partial charge in [0.2, 0.25) is 0 Å². The van der Waals surface area contributed by atoms with Gasteiger partial charge in [-0.25, -0.2) is 4.79 Å². The zero-order valence-electron chi connectivity index (χ0n) is 17.4. The Morgan fingerprint density at radius 3 is 2.77 bits per heavy atom. The van der Waals surface area contributed by atoms with E-state index in [4.69, 9.17) is 21.1 Å². The quantitative estimate of drug-likeness (QED) is 0.463. The Bertz CT molecular complexity index is 1250. The number of halogens is 1. The van der Waals surface area contributed by atoms with Crippen molar-refractivity contribution in [3.8, 4) is 17.0 Å². The Morgan fingerprint density at radius 1 is 1.16 bits per heavy atom. The van der Waals surface area contributed by atoms with Crippen LogP contribution < -0.4 is 10.1 Å². The van der Waals surface area contributed by atoms with Crippen LogP contribution in [0.2, 0.25) is 5.02 Å². The summed E-state index contributed by atoms with van der Waals surface area (Å²) in [5, 5.41) is 13.2. The first-order valence-electron chi connectivity index (χ1n) is 9.74. The summed E-state index contributed by atoms with van der Waals surface area (Å²) >= 11 is 6.04. The van der Waals surface area contributed by atoms with Crippen molar-refractivity contribution >= 4 is 34.3 Å². The number of methoxy groups -OCH3 is 1. The topological polar surface area (TPSA) is 83.2 Å². The summed E-state index contributed by atoms with van der Waals surface area (Å²) in [6, 6.07) is 12.7. The van der Waals surface area contributed by atoms with Crippen LogP contribution in [0.5, 0.6) is 5.75 Å². The number of hydrogen-bond donors (Lipinski definition) is 1. The van der Waals surface area contributed by atoms with Crippen molar-refractivity contribution in [2.24, 2.45) is 7.05 Å². The van der Waals surface area contributed by atoms with E-state index in [0.29, 0.717) is 22.2 Å². The Kier molecular flexibility index (Phi) is 5.81. The van der Waals surface area contributed by atoms with Gasteiger partial charge in [0.25, 0.3) is 0 Å². The number of aryl methyl sites for hydroxylation is 2. The van der Waals surface area contributed by atoms with Crippen LogP contribution in [-0.2, 0) is 24.9 Å². The van der Waals surface area contributed by atoms with Crippen molar-refractivity contribution in [3.05, 3.63) is 59.4 Å². The van der Waals surface area contributed by atoms with Crippen molar-refractivity contribution in [1.29, 1.82) is 0 Å². The number of carbonyl (C=O) groups is 1. The van der Waals surface area contributed by atoms with Crippen molar-refractivity contribution in [3.63, 3.8) is 0 Å². The lowest BCUT2D eigenvalue weighted by Crippen LogP contribution is -2.14. The highest BCUT2D eigenvalue weighted by Gasteiger charge is 2.14. The number of amides is 1. The number of fused-ring (bicyclic) bond motifs is 1. The molecule has 0 aliphatic heterocycles. The molecule has 0 saturated carbocycles. The van der Waals surface area contributed by atoms with E-state index in [-0.39, 0.29) is 6.61 Å². The molecule has 160 valence electrons. The second-order valence-corrected chi connectivity index (χ2v) is 7.39. The molecule has 8 nitrogen and oxygen atoms in total. The first kappa shape index (κ1) is 20.7. The van der Waals surface area contributed by atoms with Crippen LogP contribution in [-0.4, -0.2) is 32.8 Å². The van der Waals surface area contributed by atoms with Gasteiger partial charge in [-0.15, -0.1) is 0 Å². The average molecular weight is 440 g/mol. The molecule has 0 bridgehead atoms. The molecular weight excluding hydrogens is 418 g/mol. The monoisotopic (exact) mass is 439 g/mol. The first-order valence-corrected chi connectivity index (χ1v) is 10.1. The zero-order valence-corrected chi connectivity index (χ0v) is 18.2. The van der Waals surface area contributed by atoms with Gasteiger partial charge in [-0.1, -0.05) is 11.6 Å². The van der Waals surface area contributed by atoms with Gasteiger partial charge in [0.05, 0.1) is 24.0 Å². The molecule has 0 atom stereocenters. The number of anilines is 1. The highest BCUT2D eigenvalue weighted by atomic mass is 35.5. The lowest BCUT2D eigenvalue weighted by atomic mass is 10.1. The van der Waals surface area contributed by atoms with Crippen molar-refractivity contribution in [2.75, 3.05) is 12.4 Å². The van der Waals surface area contributed by atoms with E-state index in [2.05, 4.69) is 15.5 Å². The SMILES string of the molecule is CCn1cc2cc(NC(=O)OCc3cc(-c4ccc(Cl)cc4OC)nn3C)ccc2n1. The third kappa shape index (κ3) is 4.49. The van der Waals surface area contributed by atoms with E-state index in [9.17, 15) is 4.79 Å². The van der Waals surface area contributed by atoms with Gasteiger partial charge in [-0.05, 0) is 49.4 Å². The molecule has 2 heterocycles. The number of nitrogens with zero attached hydrogens (tertiary/aromatic N) is 4. The minimum Gasteiger partial charge on any atom is -0.496 e. The van der Waals surface area contributed by atoms with E-state index in [1.54, 1.807) is 37.0 Å². The smallest absolute Gasteiger partial charge is 0.412 e. The van der Waals surface area contributed by atoms with Crippen molar-refractivity contribution in [1.82, 2.24) is 19.6 Å². The summed E-state index contributed by atoms with van der Waals surface area (Å²) in [7, 11) is 3.37. The molecule has 1 amide bonds. The maximum atomic E-state index is 12.3. The van der Waals surface area contributed by atoms with E-state index < -0.39 is 6.09 Å². The number of hydrogen-bond acceptors (Lipinski definition) is 5. The molecule has 0 radical (unpaired) electrons. The van der Waals surface area contributed by atoms with Crippen molar-refractivity contribution in [2.45, 2.75) is 20.1 Å². The molecule has 0 spiro atoms. The van der Waals surface area contributed by atoms with Gasteiger partial charge in [-0.3, -0.25) is 14.7 Å². The summed E-state index contributed by atoms with van der Waals surface area (Å²) in [6.07, 6.45) is 1.39. The maximum Gasteiger partial charge on any atom is 0.412 e. The Hall–Kier alpha value is -3.52. The van der Waals surface area contributed by atoms with E-state index in [1.165, 1.54) is 0 Å². The van der Waals surface area contributed by atoms with Crippen LogP contribution in [0.25, 0.3) is 22.2 Å². The number of aromatic nitrogens is 4. The van der Waals surface area contributed by atoms with Crippen LogP contribution in [0.4, 0.5) is 10.5 Å². The molecule has 1 N–H and O–H groups in total. The zero-order chi connectivity index (χ0) is 22.0. The maximum absolute atomic E-state index is 12.3. The highest BCUT2D eigenvalue weighted by molar-refractivity contribution is 6.30. The largest absolute Gasteiger partial charge is 0.496 e. The molecule has 2 aromatic heterocycles. The summed E-state index contributed by atoms with van der Waals surface area (Å²) in [6.45, 7) is 2.88. The number of rotatable bonds is 6. The summed E-state index contributed by atoms with van der Waals surface area (Å²) in [4.78, 5) is 12.3. The fraction of sp³-hybridized carbons (Fsp3) is 0.227. The first-order chi connectivity index (χ1) is 15.0. The minimum absolute atomic E-state index is 0.0707. The number of ether oxygens (including phenoxy) is 2. The summed E-state index contributed by atoms with van der Waals surface area (Å²) < 4.78 is 14.3. The molecule has 2 aromatic carbocycles. The van der Waals surface area contributed by atoms with Crippen molar-refractivity contribution < 1.29 is 14.3 Å². The normalized spacial score (nSPS) is 11.0. The molecule has 0 aliphatic rings. The van der Waals surface area contributed by atoms with Gasteiger partial charge in [0, 0.05) is 41.4 Å². The Morgan fingerprint density at radius 2 is 2.00 bits per heavy atom. The average Bonchev–Trinajstić information content (AvgIpc) is 3.34.